The minimum absolute atomic E-state index is 0.0827. The van der Waals surface area contributed by atoms with Gasteiger partial charge in [-0.25, -0.2) is 8.42 Å². The summed E-state index contributed by atoms with van der Waals surface area (Å²) in [5, 5.41) is 2.51. The lowest BCUT2D eigenvalue weighted by atomic mass is 10.2. The van der Waals surface area contributed by atoms with Gasteiger partial charge in [-0.1, -0.05) is 18.2 Å². The molecule has 0 aromatic heterocycles. The smallest absolute Gasteiger partial charge is 0.252 e. The van der Waals surface area contributed by atoms with Gasteiger partial charge in [-0.2, -0.15) is 0 Å². The summed E-state index contributed by atoms with van der Waals surface area (Å²) in [7, 11) is -3.70. The minimum Gasteiger partial charge on any atom is -0.349 e. The molecule has 0 spiro atoms. The first-order chi connectivity index (χ1) is 7.46. The molecule has 0 radical (unpaired) electrons. The molecule has 86 valence electrons. The van der Waals surface area contributed by atoms with Crippen molar-refractivity contribution in [3.8, 4) is 0 Å². The van der Waals surface area contributed by atoms with Gasteiger partial charge in [0.05, 0.1) is 10.5 Å². The van der Waals surface area contributed by atoms with Crippen molar-refractivity contribution in [3.05, 3.63) is 42.5 Å². The molecule has 6 heteroatoms. The number of amides is 1. The fourth-order valence-electron chi connectivity index (χ4n) is 1.14. The Labute approximate surface area is 99.1 Å². The van der Waals surface area contributed by atoms with E-state index < -0.39 is 14.8 Å². The lowest BCUT2D eigenvalue weighted by molar-refractivity contribution is 0.0955. The van der Waals surface area contributed by atoms with Crippen LogP contribution < -0.4 is 5.32 Å². The van der Waals surface area contributed by atoms with E-state index in [-0.39, 0.29) is 17.0 Å². The van der Waals surface area contributed by atoms with E-state index in [4.69, 9.17) is 0 Å². The van der Waals surface area contributed by atoms with Gasteiger partial charge in [0, 0.05) is 6.54 Å². The van der Waals surface area contributed by atoms with E-state index in [1.807, 2.05) is 0 Å². The van der Waals surface area contributed by atoms with E-state index in [9.17, 15) is 13.2 Å². The number of benzene rings is 1. The van der Waals surface area contributed by atoms with Gasteiger partial charge in [-0.05, 0) is 23.8 Å². The van der Waals surface area contributed by atoms with Crippen LogP contribution in [0, 0.1) is 0 Å². The van der Waals surface area contributed by atoms with Crippen molar-refractivity contribution in [2.24, 2.45) is 0 Å². The van der Waals surface area contributed by atoms with Crippen LogP contribution in [0.5, 0.6) is 0 Å². The maximum atomic E-state index is 11.6. The molecule has 0 aliphatic rings. The van der Waals surface area contributed by atoms with Crippen LogP contribution in [0.3, 0.4) is 0 Å². The summed E-state index contributed by atoms with van der Waals surface area (Å²) < 4.78 is 22.6. The maximum Gasteiger partial charge on any atom is 0.252 e. The monoisotopic (exact) mass is 257 g/mol. The fraction of sp³-hybridized carbons (Fsp3) is 0.100. The SMILES string of the molecule is C=CCNC(=O)c1ccccc1S(=O)(=O)S. The van der Waals surface area contributed by atoms with Crippen molar-refractivity contribution >= 4 is 26.4 Å². The zero-order valence-corrected chi connectivity index (χ0v) is 10.1. The van der Waals surface area contributed by atoms with Gasteiger partial charge in [0.2, 0.25) is 8.87 Å². The first-order valence-corrected chi connectivity index (χ1v) is 6.96. The number of rotatable bonds is 4. The minimum atomic E-state index is -3.70. The molecule has 0 saturated heterocycles. The first kappa shape index (κ1) is 12.8. The van der Waals surface area contributed by atoms with Crippen LogP contribution in [0.2, 0.25) is 0 Å². The Hall–Kier alpha value is -1.27. The Kier molecular flexibility index (Phi) is 4.14. The standard InChI is InChI=1S/C10H11NO3S2/c1-2-7-11-10(12)8-5-3-4-6-9(8)16(13,14)15/h2-6H,1,7H2,(H,11,12)(H,13,14,15). The number of hydrogen-bond acceptors (Lipinski definition) is 3. The third-order valence-electron chi connectivity index (χ3n) is 1.82. The van der Waals surface area contributed by atoms with Gasteiger partial charge in [0.25, 0.3) is 5.91 Å². The van der Waals surface area contributed by atoms with Gasteiger partial charge in [-0.3, -0.25) is 4.79 Å². The molecule has 4 nitrogen and oxygen atoms in total. The van der Waals surface area contributed by atoms with Crippen LogP contribution in [-0.4, -0.2) is 20.9 Å². The highest BCUT2D eigenvalue weighted by molar-refractivity contribution is 8.63. The van der Waals surface area contributed by atoms with Gasteiger partial charge in [-0.15, -0.1) is 6.58 Å². The molecule has 1 amide bonds. The van der Waals surface area contributed by atoms with Crippen LogP contribution in [0.4, 0.5) is 0 Å². The number of thiol groups is 1. The molecule has 0 saturated carbocycles. The quantitative estimate of drug-likeness (QED) is 0.484. The molecule has 0 atom stereocenters. The molecule has 0 heterocycles. The predicted octanol–water partition coefficient (Wildman–Crippen LogP) is 1.22. The Bertz CT molecular complexity index is 509. The summed E-state index contributed by atoms with van der Waals surface area (Å²) in [6, 6.07) is 5.89. The van der Waals surface area contributed by atoms with Gasteiger partial charge < -0.3 is 5.32 Å². The zero-order chi connectivity index (χ0) is 12.2. The molecule has 0 fully saturated rings. The second kappa shape index (κ2) is 5.18. The molecule has 0 aliphatic heterocycles. The first-order valence-electron chi connectivity index (χ1n) is 4.42. The van der Waals surface area contributed by atoms with Crippen LogP contribution in [-0.2, 0) is 8.87 Å². The largest absolute Gasteiger partial charge is 0.349 e. The van der Waals surface area contributed by atoms with E-state index in [0.29, 0.717) is 0 Å². The van der Waals surface area contributed by atoms with E-state index in [2.05, 4.69) is 23.6 Å². The number of carbonyl (C=O) groups excluding carboxylic acids is 1. The lowest BCUT2D eigenvalue weighted by Crippen LogP contribution is -2.24. The normalized spacial score (nSPS) is 10.8. The zero-order valence-electron chi connectivity index (χ0n) is 8.38. The molecule has 1 aromatic carbocycles. The molecule has 1 rings (SSSR count). The number of nitrogens with one attached hydrogen (secondary N) is 1. The van der Waals surface area contributed by atoms with E-state index in [1.54, 1.807) is 6.07 Å². The second-order valence-electron chi connectivity index (χ2n) is 2.97. The summed E-state index contributed by atoms with van der Waals surface area (Å²) in [6.07, 6.45) is 1.51. The second-order valence-corrected chi connectivity index (χ2v) is 5.80. The third-order valence-corrected chi connectivity index (χ3v) is 3.32. The average Bonchev–Trinajstić information content (AvgIpc) is 2.24. The van der Waals surface area contributed by atoms with Gasteiger partial charge in [0.15, 0.2) is 0 Å². The highest BCUT2D eigenvalue weighted by Gasteiger charge is 2.17. The molecule has 1 N–H and O–H groups in total. The van der Waals surface area contributed by atoms with E-state index in [1.165, 1.54) is 24.3 Å². The van der Waals surface area contributed by atoms with Crippen molar-refractivity contribution in [2.75, 3.05) is 6.54 Å². The van der Waals surface area contributed by atoms with Crippen molar-refractivity contribution in [1.82, 2.24) is 5.32 Å². The fourth-order valence-corrected chi connectivity index (χ4v) is 2.31. The summed E-state index contributed by atoms with van der Waals surface area (Å²) in [5.74, 6) is -0.465. The van der Waals surface area contributed by atoms with Crippen molar-refractivity contribution < 1.29 is 13.2 Å². The van der Waals surface area contributed by atoms with Crippen molar-refractivity contribution in [3.63, 3.8) is 0 Å². The average molecular weight is 257 g/mol. The van der Waals surface area contributed by atoms with Crippen LogP contribution in [0.1, 0.15) is 10.4 Å². The molecular formula is C10H11NO3S2. The van der Waals surface area contributed by atoms with Crippen LogP contribution in [0.15, 0.2) is 41.8 Å². The Morgan fingerprint density at radius 2 is 2.06 bits per heavy atom. The van der Waals surface area contributed by atoms with Crippen LogP contribution in [0.25, 0.3) is 0 Å². The molecule has 1 aromatic rings. The summed E-state index contributed by atoms with van der Waals surface area (Å²) in [5.41, 5.74) is 0.0827. The highest BCUT2D eigenvalue weighted by atomic mass is 33.1. The molecule has 0 unspecified atom stereocenters. The molecule has 0 bridgehead atoms. The summed E-state index contributed by atoms with van der Waals surface area (Å²) in [4.78, 5) is 11.5. The molecular weight excluding hydrogens is 246 g/mol. The van der Waals surface area contributed by atoms with Crippen LogP contribution >= 0.6 is 11.7 Å². The number of hydrogen-bond donors (Lipinski definition) is 2. The summed E-state index contributed by atoms with van der Waals surface area (Å²) in [6.45, 7) is 3.73. The Morgan fingerprint density at radius 1 is 1.44 bits per heavy atom. The lowest BCUT2D eigenvalue weighted by Gasteiger charge is -2.06. The van der Waals surface area contributed by atoms with Gasteiger partial charge in [0.1, 0.15) is 0 Å². The van der Waals surface area contributed by atoms with Crippen molar-refractivity contribution in [1.29, 1.82) is 0 Å². The Balaban J connectivity index is 3.14. The maximum absolute atomic E-state index is 11.6. The third kappa shape index (κ3) is 3.11. The topological polar surface area (TPSA) is 63.2 Å². The number of carbonyl (C=O) groups is 1. The molecule has 16 heavy (non-hydrogen) atoms. The summed E-state index contributed by atoms with van der Waals surface area (Å²) >= 11 is 3.47. The van der Waals surface area contributed by atoms with E-state index >= 15 is 0 Å². The Morgan fingerprint density at radius 3 is 2.62 bits per heavy atom. The van der Waals surface area contributed by atoms with Crippen molar-refractivity contribution in [2.45, 2.75) is 4.90 Å². The van der Waals surface area contributed by atoms with Gasteiger partial charge >= 0.3 is 0 Å². The van der Waals surface area contributed by atoms with E-state index in [0.717, 1.165) is 0 Å². The highest BCUT2D eigenvalue weighted by Crippen LogP contribution is 2.19. The predicted molar refractivity (Wildman–Crippen MR) is 65.1 cm³/mol. The molecule has 0 aliphatic carbocycles.